The molecule has 0 saturated carbocycles. The predicted molar refractivity (Wildman–Crippen MR) is 67.8 cm³/mol. The minimum Gasteiger partial charge on any atom is -0.198 e. The van der Waals surface area contributed by atoms with Crippen molar-refractivity contribution in [1.82, 2.24) is 0 Å². The van der Waals surface area contributed by atoms with Gasteiger partial charge >= 0.3 is 0 Å². The average molecular weight is 223 g/mol. The van der Waals surface area contributed by atoms with E-state index in [2.05, 4.69) is 32.9 Å². The molecule has 1 nitrogen and oxygen atoms in total. The van der Waals surface area contributed by atoms with E-state index in [0.717, 1.165) is 17.6 Å². The van der Waals surface area contributed by atoms with Crippen LogP contribution in [0.15, 0.2) is 11.6 Å². The van der Waals surface area contributed by atoms with Crippen LogP contribution in [0.2, 0.25) is 0 Å². The Bertz CT molecular complexity index is 262. The zero-order chi connectivity index (χ0) is 11.3. The minimum absolute atomic E-state index is 0.645. The van der Waals surface area contributed by atoms with Crippen LogP contribution in [0.1, 0.15) is 40.0 Å². The van der Waals surface area contributed by atoms with Crippen molar-refractivity contribution in [3.8, 4) is 6.07 Å². The third kappa shape index (κ3) is 3.91. The topological polar surface area (TPSA) is 23.8 Å². The van der Waals surface area contributed by atoms with Crippen molar-refractivity contribution in [2.45, 2.75) is 45.3 Å². The van der Waals surface area contributed by atoms with E-state index < -0.39 is 0 Å². The van der Waals surface area contributed by atoms with E-state index in [1.165, 1.54) is 18.4 Å². The molecule has 0 N–H and O–H groups in total. The molecule has 0 fully saturated rings. The number of nitrogens with zero attached hydrogens (tertiary/aromatic N) is 1. The lowest BCUT2D eigenvalue weighted by Gasteiger charge is -2.32. The average Bonchev–Trinajstić information content (AvgIpc) is 2.18. The van der Waals surface area contributed by atoms with Crippen molar-refractivity contribution >= 4 is 11.8 Å². The summed E-state index contributed by atoms with van der Waals surface area (Å²) >= 11 is 1.96. The SMILES string of the molecule is CC1=CC(SCCC#N)C(C(C)C)CC1. The number of rotatable bonds is 4. The van der Waals surface area contributed by atoms with Gasteiger partial charge in [0.15, 0.2) is 0 Å². The maximum absolute atomic E-state index is 8.54. The lowest BCUT2D eigenvalue weighted by atomic mass is 9.82. The first-order chi connectivity index (χ1) is 7.15. The van der Waals surface area contributed by atoms with E-state index in [9.17, 15) is 0 Å². The highest BCUT2D eigenvalue weighted by Gasteiger charge is 2.26. The molecule has 2 unspecified atom stereocenters. The van der Waals surface area contributed by atoms with Crippen LogP contribution in [0.3, 0.4) is 0 Å². The molecule has 0 radical (unpaired) electrons. The number of hydrogen-bond donors (Lipinski definition) is 0. The number of allylic oxidation sites excluding steroid dienone is 1. The van der Waals surface area contributed by atoms with Gasteiger partial charge in [-0.2, -0.15) is 17.0 Å². The fourth-order valence-corrected chi connectivity index (χ4v) is 3.68. The Morgan fingerprint density at radius 2 is 2.33 bits per heavy atom. The zero-order valence-corrected chi connectivity index (χ0v) is 10.8. The Kier molecular flexibility index (Phi) is 5.25. The van der Waals surface area contributed by atoms with Gasteiger partial charge in [-0.3, -0.25) is 0 Å². The zero-order valence-electron chi connectivity index (χ0n) is 9.99. The van der Waals surface area contributed by atoms with Gasteiger partial charge in [-0.15, -0.1) is 0 Å². The van der Waals surface area contributed by atoms with Crippen LogP contribution in [-0.4, -0.2) is 11.0 Å². The first-order valence-electron chi connectivity index (χ1n) is 5.81. The highest BCUT2D eigenvalue weighted by molar-refractivity contribution is 8.00. The van der Waals surface area contributed by atoms with Crippen molar-refractivity contribution in [2.24, 2.45) is 11.8 Å². The molecule has 15 heavy (non-hydrogen) atoms. The lowest BCUT2D eigenvalue weighted by molar-refractivity contribution is 0.358. The third-order valence-corrected chi connectivity index (χ3v) is 4.43. The maximum atomic E-state index is 8.54. The molecule has 0 bridgehead atoms. The smallest absolute Gasteiger partial charge is 0.0630 e. The van der Waals surface area contributed by atoms with Crippen LogP contribution in [0, 0.1) is 23.2 Å². The van der Waals surface area contributed by atoms with Crippen LogP contribution < -0.4 is 0 Å². The van der Waals surface area contributed by atoms with Gasteiger partial charge in [-0.1, -0.05) is 25.5 Å². The van der Waals surface area contributed by atoms with Crippen LogP contribution >= 0.6 is 11.8 Å². The number of hydrogen-bond acceptors (Lipinski definition) is 2. The molecule has 0 aromatic carbocycles. The summed E-state index contributed by atoms with van der Waals surface area (Å²) in [6.07, 6.45) is 5.69. The summed E-state index contributed by atoms with van der Waals surface area (Å²) in [6, 6.07) is 2.22. The van der Waals surface area contributed by atoms with E-state index in [4.69, 9.17) is 5.26 Å². The Balaban J connectivity index is 2.54. The van der Waals surface area contributed by atoms with Crippen molar-refractivity contribution in [1.29, 1.82) is 5.26 Å². The molecule has 2 heteroatoms. The number of nitriles is 1. The Morgan fingerprint density at radius 1 is 1.60 bits per heavy atom. The highest BCUT2D eigenvalue weighted by atomic mass is 32.2. The molecule has 1 aliphatic carbocycles. The molecule has 1 aliphatic rings. The first-order valence-corrected chi connectivity index (χ1v) is 6.86. The fourth-order valence-electron chi connectivity index (χ4n) is 2.17. The van der Waals surface area contributed by atoms with Gasteiger partial charge in [0.25, 0.3) is 0 Å². The molecule has 0 saturated heterocycles. The largest absolute Gasteiger partial charge is 0.198 e. The van der Waals surface area contributed by atoms with E-state index in [0.29, 0.717) is 11.7 Å². The molecule has 0 spiro atoms. The predicted octanol–water partition coefficient (Wildman–Crippen LogP) is 4.01. The van der Waals surface area contributed by atoms with Gasteiger partial charge in [0.1, 0.15) is 0 Å². The molecule has 1 rings (SSSR count). The quantitative estimate of drug-likeness (QED) is 0.531. The number of thioether (sulfide) groups is 1. The first kappa shape index (κ1) is 12.6. The van der Waals surface area contributed by atoms with Gasteiger partial charge in [0.2, 0.25) is 0 Å². The van der Waals surface area contributed by atoms with Gasteiger partial charge in [-0.25, -0.2) is 0 Å². The second-order valence-corrected chi connectivity index (χ2v) is 5.99. The monoisotopic (exact) mass is 223 g/mol. The van der Waals surface area contributed by atoms with E-state index >= 15 is 0 Å². The molecule has 0 aromatic heterocycles. The van der Waals surface area contributed by atoms with Gasteiger partial charge in [0.05, 0.1) is 6.07 Å². The fraction of sp³-hybridized carbons (Fsp3) is 0.769. The van der Waals surface area contributed by atoms with Gasteiger partial charge in [0, 0.05) is 17.4 Å². The molecule has 0 heterocycles. The molecular weight excluding hydrogens is 202 g/mol. The van der Waals surface area contributed by atoms with E-state index in [-0.39, 0.29) is 0 Å². The Morgan fingerprint density at radius 3 is 2.93 bits per heavy atom. The summed E-state index contributed by atoms with van der Waals surface area (Å²) < 4.78 is 0. The van der Waals surface area contributed by atoms with Crippen molar-refractivity contribution in [2.75, 3.05) is 5.75 Å². The molecule has 2 atom stereocenters. The summed E-state index contributed by atoms with van der Waals surface area (Å²) in [4.78, 5) is 0. The van der Waals surface area contributed by atoms with Crippen LogP contribution in [-0.2, 0) is 0 Å². The maximum Gasteiger partial charge on any atom is 0.0630 e. The molecule has 84 valence electrons. The molecule has 0 aliphatic heterocycles. The van der Waals surface area contributed by atoms with E-state index in [1.807, 2.05) is 11.8 Å². The summed E-state index contributed by atoms with van der Waals surface area (Å²) in [6.45, 7) is 6.86. The second kappa shape index (κ2) is 6.23. The lowest BCUT2D eigenvalue weighted by Crippen LogP contribution is -2.24. The normalized spacial score (nSPS) is 26.2. The summed E-state index contributed by atoms with van der Waals surface area (Å²) in [5.41, 5.74) is 1.53. The third-order valence-electron chi connectivity index (χ3n) is 3.12. The van der Waals surface area contributed by atoms with E-state index in [1.54, 1.807) is 0 Å². The van der Waals surface area contributed by atoms with Crippen molar-refractivity contribution in [3.63, 3.8) is 0 Å². The van der Waals surface area contributed by atoms with Crippen LogP contribution in [0.25, 0.3) is 0 Å². The minimum atomic E-state index is 0.645. The molecule has 0 aromatic rings. The molecule has 0 amide bonds. The van der Waals surface area contributed by atoms with Crippen LogP contribution in [0.5, 0.6) is 0 Å². The van der Waals surface area contributed by atoms with Crippen molar-refractivity contribution < 1.29 is 0 Å². The van der Waals surface area contributed by atoms with Crippen LogP contribution in [0.4, 0.5) is 0 Å². The highest BCUT2D eigenvalue weighted by Crippen LogP contribution is 2.36. The second-order valence-electron chi connectivity index (χ2n) is 4.70. The summed E-state index contributed by atoms with van der Waals surface area (Å²) in [5, 5.41) is 9.19. The van der Waals surface area contributed by atoms with Gasteiger partial charge in [-0.05, 0) is 31.6 Å². The standard InChI is InChI=1S/C13H21NS/c1-10(2)12-6-5-11(3)9-13(12)15-8-4-7-14/h9-10,12-13H,4-6,8H2,1-3H3. The van der Waals surface area contributed by atoms with Crippen molar-refractivity contribution in [3.05, 3.63) is 11.6 Å². The summed E-state index contributed by atoms with van der Waals surface area (Å²) in [5.74, 6) is 2.54. The van der Waals surface area contributed by atoms with Gasteiger partial charge < -0.3 is 0 Å². The molecular formula is C13H21NS. The summed E-state index contributed by atoms with van der Waals surface area (Å²) in [7, 11) is 0. The Hall–Kier alpha value is -0.420. The Labute approximate surface area is 97.9 Å².